The molecule has 0 saturated carbocycles. The lowest BCUT2D eigenvalue weighted by molar-refractivity contribution is 0.481. The first-order valence-electron chi connectivity index (χ1n) is 3.72. The molecule has 0 bridgehead atoms. The lowest BCUT2D eigenvalue weighted by Crippen LogP contribution is -1.91. The van der Waals surface area contributed by atoms with E-state index in [-0.39, 0.29) is 5.75 Å². The second kappa shape index (κ2) is 2.88. The number of aromatic nitrogens is 1. The van der Waals surface area contributed by atoms with Crippen molar-refractivity contribution in [2.24, 2.45) is 0 Å². The van der Waals surface area contributed by atoms with Gasteiger partial charge in [-0.25, -0.2) is 4.98 Å². The Hall–Kier alpha value is -1.29. The Kier molecular flexibility index (Phi) is 1.84. The van der Waals surface area contributed by atoms with Crippen LogP contribution in [-0.4, -0.2) is 10.1 Å². The molecule has 13 heavy (non-hydrogen) atoms. The van der Waals surface area contributed by atoms with Crippen molar-refractivity contribution in [2.75, 3.05) is 5.73 Å². The van der Waals surface area contributed by atoms with Gasteiger partial charge in [-0.2, -0.15) is 0 Å². The number of hydrogen-bond donors (Lipinski definition) is 2. The van der Waals surface area contributed by atoms with E-state index in [1.165, 1.54) is 0 Å². The van der Waals surface area contributed by atoms with E-state index < -0.39 is 0 Å². The monoisotopic (exact) mass is 238 g/mol. The van der Waals surface area contributed by atoms with Crippen molar-refractivity contribution >= 4 is 32.5 Å². The molecule has 1 aromatic heterocycles. The van der Waals surface area contributed by atoms with Crippen LogP contribution in [0.3, 0.4) is 0 Å². The summed E-state index contributed by atoms with van der Waals surface area (Å²) in [7, 11) is 0. The number of benzene rings is 1. The molecule has 0 radical (unpaired) electrons. The number of anilines is 1. The Morgan fingerprint density at radius 1 is 1.38 bits per heavy atom. The predicted octanol–water partition coefficient (Wildman–Crippen LogP) is 2.29. The molecule has 2 aromatic rings. The van der Waals surface area contributed by atoms with E-state index in [2.05, 4.69) is 20.9 Å². The van der Waals surface area contributed by atoms with Crippen LogP contribution in [0.15, 0.2) is 28.9 Å². The van der Waals surface area contributed by atoms with Gasteiger partial charge in [0.2, 0.25) is 0 Å². The average molecular weight is 239 g/mol. The van der Waals surface area contributed by atoms with E-state index in [0.717, 1.165) is 9.86 Å². The first-order chi connectivity index (χ1) is 6.20. The summed E-state index contributed by atoms with van der Waals surface area (Å²) >= 11 is 3.30. The van der Waals surface area contributed by atoms with Gasteiger partial charge in [-0.05, 0) is 22.0 Å². The molecule has 0 atom stereocenters. The van der Waals surface area contributed by atoms with Crippen molar-refractivity contribution in [3.8, 4) is 5.75 Å². The van der Waals surface area contributed by atoms with Crippen LogP contribution in [0.4, 0.5) is 5.82 Å². The summed E-state index contributed by atoms with van der Waals surface area (Å²) in [6, 6.07) is 5.18. The molecular weight excluding hydrogens is 232 g/mol. The fraction of sp³-hybridized carbons (Fsp3) is 0. The Balaban J connectivity index is 3.00. The number of phenolic OH excluding ortho intramolecular Hbond substituents is 1. The zero-order chi connectivity index (χ0) is 9.42. The summed E-state index contributed by atoms with van der Waals surface area (Å²) in [5, 5.41) is 11.0. The molecular formula is C9H7BrN2O. The number of rotatable bonds is 0. The van der Waals surface area contributed by atoms with Gasteiger partial charge in [0.25, 0.3) is 0 Å². The van der Waals surface area contributed by atoms with Gasteiger partial charge in [0.15, 0.2) is 0 Å². The normalized spacial score (nSPS) is 10.5. The Bertz CT molecular complexity index is 462. The number of hydrogen-bond acceptors (Lipinski definition) is 3. The number of nitrogens with two attached hydrogens (primary N) is 1. The molecule has 2 rings (SSSR count). The smallest absolute Gasteiger partial charge is 0.131 e. The molecule has 0 aliphatic carbocycles. The maximum Gasteiger partial charge on any atom is 0.131 e. The molecule has 0 aliphatic rings. The zero-order valence-electron chi connectivity index (χ0n) is 6.66. The third kappa shape index (κ3) is 1.23. The van der Waals surface area contributed by atoms with Crippen molar-refractivity contribution in [1.82, 2.24) is 4.98 Å². The van der Waals surface area contributed by atoms with Crippen LogP contribution in [0.2, 0.25) is 0 Å². The Morgan fingerprint density at radius 2 is 2.15 bits per heavy atom. The summed E-state index contributed by atoms with van der Waals surface area (Å²) in [6.45, 7) is 0. The number of phenols is 1. The number of fused-ring (bicyclic) bond motifs is 1. The topological polar surface area (TPSA) is 59.1 Å². The minimum absolute atomic E-state index is 0.207. The summed E-state index contributed by atoms with van der Waals surface area (Å²) in [4.78, 5) is 3.97. The summed E-state index contributed by atoms with van der Waals surface area (Å²) < 4.78 is 0.745. The standard InChI is InChI=1S/C9H7BrN2O/c10-6-4-12-9(11)5-2-1-3-7(13)8(5)6/h1-4,13H,(H2,11,12). The molecule has 0 aliphatic heterocycles. The SMILES string of the molecule is Nc1ncc(Br)c2c(O)cccc12. The number of pyridine rings is 1. The van der Waals surface area contributed by atoms with Gasteiger partial charge in [0.1, 0.15) is 11.6 Å². The summed E-state index contributed by atoms with van der Waals surface area (Å²) in [6.07, 6.45) is 1.58. The van der Waals surface area contributed by atoms with Gasteiger partial charge >= 0.3 is 0 Å². The molecule has 0 spiro atoms. The van der Waals surface area contributed by atoms with Crippen LogP contribution in [0.1, 0.15) is 0 Å². The first kappa shape index (κ1) is 8.31. The lowest BCUT2D eigenvalue weighted by atomic mass is 10.1. The quantitative estimate of drug-likeness (QED) is 0.741. The van der Waals surface area contributed by atoms with E-state index >= 15 is 0 Å². The van der Waals surface area contributed by atoms with Crippen LogP contribution >= 0.6 is 15.9 Å². The van der Waals surface area contributed by atoms with Gasteiger partial charge in [0.05, 0.1) is 0 Å². The third-order valence-electron chi connectivity index (χ3n) is 1.87. The lowest BCUT2D eigenvalue weighted by Gasteiger charge is -2.04. The van der Waals surface area contributed by atoms with E-state index in [1.54, 1.807) is 18.3 Å². The molecule has 0 saturated heterocycles. The van der Waals surface area contributed by atoms with Crippen LogP contribution in [-0.2, 0) is 0 Å². The highest BCUT2D eigenvalue weighted by molar-refractivity contribution is 9.10. The fourth-order valence-corrected chi connectivity index (χ4v) is 1.78. The van der Waals surface area contributed by atoms with Gasteiger partial charge < -0.3 is 10.8 Å². The third-order valence-corrected chi connectivity index (χ3v) is 2.48. The second-order valence-electron chi connectivity index (χ2n) is 2.69. The van der Waals surface area contributed by atoms with E-state index in [1.807, 2.05) is 6.07 Å². The van der Waals surface area contributed by atoms with E-state index in [9.17, 15) is 5.11 Å². The predicted molar refractivity (Wildman–Crippen MR) is 55.5 cm³/mol. The maximum absolute atomic E-state index is 9.56. The molecule has 1 aromatic carbocycles. The van der Waals surface area contributed by atoms with Crippen molar-refractivity contribution in [2.45, 2.75) is 0 Å². The highest BCUT2D eigenvalue weighted by atomic mass is 79.9. The Labute approximate surface area is 83.3 Å². The van der Waals surface area contributed by atoms with Crippen molar-refractivity contribution in [3.63, 3.8) is 0 Å². The van der Waals surface area contributed by atoms with Crippen molar-refractivity contribution in [3.05, 3.63) is 28.9 Å². The number of nitrogens with zero attached hydrogens (tertiary/aromatic N) is 1. The van der Waals surface area contributed by atoms with Gasteiger partial charge in [-0.15, -0.1) is 0 Å². The van der Waals surface area contributed by atoms with Crippen molar-refractivity contribution < 1.29 is 5.11 Å². The number of aromatic hydroxyl groups is 1. The molecule has 3 nitrogen and oxygen atoms in total. The minimum Gasteiger partial charge on any atom is -0.507 e. The van der Waals surface area contributed by atoms with Crippen LogP contribution in [0.25, 0.3) is 10.8 Å². The average Bonchev–Trinajstić information content (AvgIpc) is 2.12. The largest absolute Gasteiger partial charge is 0.507 e. The van der Waals surface area contributed by atoms with Crippen LogP contribution in [0, 0.1) is 0 Å². The fourth-order valence-electron chi connectivity index (χ4n) is 1.26. The summed E-state index contributed by atoms with van der Waals surface area (Å²) in [5.41, 5.74) is 5.65. The zero-order valence-corrected chi connectivity index (χ0v) is 8.25. The minimum atomic E-state index is 0.207. The molecule has 66 valence electrons. The molecule has 0 amide bonds. The van der Waals surface area contributed by atoms with E-state index in [0.29, 0.717) is 11.2 Å². The molecule has 1 heterocycles. The van der Waals surface area contributed by atoms with Gasteiger partial charge in [0, 0.05) is 21.4 Å². The molecule has 0 unspecified atom stereocenters. The second-order valence-corrected chi connectivity index (χ2v) is 3.55. The van der Waals surface area contributed by atoms with E-state index in [4.69, 9.17) is 5.73 Å². The van der Waals surface area contributed by atoms with Gasteiger partial charge in [-0.3, -0.25) is 0 Å². The highest BCUT2D eigenvalue weighted by Crippen LogP contribution is 2.33. The van der Waals surface area contributed by atoms with Gasteiger partial charge in [-0.1, -0.05) is 12.1 Å². The Morgan fingerprint density at radius 3 is 2.85 bits per heavy atom. The van der Waals surface area contributed by atoms with Crippen LogP contribution in [0.5, 0.6) is 5.75 Å². The van der Waals surface area contributed by atoms with Crippen LogP contribution < -0.4 is 5.73 Å². The molecule has 4 heteroatoms. The molecule has 3 N–H and O–H groups in total. The van der Waals surface area contributed by atoms with Crippen molar-refractivity contribution in [1.29, 1.82) is 0 Å². The number of halogens is 1. The number of nitrogen functional groups attached to an aromatic ring is 1. The highest BCUT2D eigenvalue weighted by Gasteiger charge is 2.06. The molecule has 0 fully saturated rings. The first-order valence-corrected chi connectivity index (χ1v) is 4.51. The maximum atomic E-state index is 9.56. The summed E-state index contributed by atoms with van der Waals surface area (Å²) in [5.74, 6) is 0.632.